The Balaban J connectivity index is 1.92. The second-order valence-corrected chi connectivity index (χ2v) is 7.43. The Bertz CT molecular complexity index is 897. The third-order valence-corrected chi connectivity index (χ3v) is 4.98. The van der Waals surface area contributed by atoms with Crippen LogP contribution in [0, 0.1) is 0 Å². The van der Waals surface area contributed by atoms with Crippen LogP contribution < -0.4 is 4.90 Å². The van der Waals surface area contributed by atoms with E-state index < -0.39 is 5.97 Å². The summed E-state index contributed by atoms with van der Waals surface area (Å²) in [6.45, 7) is 0. The molecule has 7 heteroatoms. The van der Waals surface area contributed by atoms with Gasteiger partial charge in [0, 0.05) is 10.2 Å². The maximum Gasteiger partial charge on any atom is 0.304 e. The highest BCUT2D eigenvalue weighted by Gasteiger charge is 2.31. The molecule has 26 heavy (non-hydrogen) atoms. The first-order valence-electron chi connectivity index (χ1n) is 7.84. The smallest absolute Gasteiger partial charge is 0.304 e. The van der Waals surface area contributed by atoms with Crippen molar-refractivity contribution in [2.45, 2.75) is 6.42 Å². The number of amides is 1. The Morgan fingerprint density at radius 1 is 1.19 bits per heavy atom. The number of carbonyl (C=O) groups is 2. The van der Waals surface area contributed by atoms with Crippen LogP contribution in [0.1, 0.15) is 12.0 Å². The summed E-state index contributed by atoms with van der Waals surface area (Å²) in [5.74, 6) is -0.762. The molecule has 2 aromatic rings. The van der Waals surface area contributed by atoms with E-state index in [2.05, 4.69) is 20.9 Å². The number of thioether (sulfide) groups is 1. The number of anilines is 1. The first-order valence-corrected chi connectivity index (χ1v) is 9.62. The fraction of sp³-hybridized carbons (Fsp3) is 0.105. The third-order valence-electron chi connectivity index (χ3n) is 3.54. The summed E-state index contributed by atoms with van der Waals surface area (Å²) in [7, 11) is 0. The molecule has 0 radical (unpaired) electrons. The molecule has 1 aliphatic heterocycles. The average molecular weight is 431 g/mol. The number of hydrogen-bond donors (Lipinski definition) is 1. The van der Waals surface area contributed by atoms with Crippen molar-refractivity contribution in [3.8, 4) is 0 Å². The van der Waals surface area contributed by atoms with E-state index in [1.54, 1.807) is 6.08 Å². The monoisotopic (exact) mass is 430 g/mol. The zero-order valence-electron chi connectivity index (χ0n) is 13.6. The minimum absolute atomic E-state index is 0.00515. The second-order valence-electron chi connectivity index (χ2n) is 5.45. The maximum atomic E-state index is 12.9. The molecular formula is C19H15BrN2O3S. The molecule has 2 aromatic carbocycles. The number of carbonyl (C=O) groups excluding carboxylic acids is 1. The van der Waals surface area contributed by atoms with Gasteiger partial charge < -0.3 is 5.11 Å². The van der Waals surface area contributed by atoms with E-state index in [0.717, 1.165) is 10.0 Å². The zero-order chi connectivity index (χ0) is 18.5. The maximum absolute atomic E-state index is 12.9. The highest BCUT2D eigenvalue weighted by atomic mass is 79.9. The van der Waals surface area contributed by atoms with E-state index in [0.29, 0.717) is 22.3 Å². The van der Waals surface area contributed by atoms with Crippen LogP contribution in [0.4, 0.5) is 5.69 Å². The summed E-state index contributed by atoms with van der Waals surface area (Å²) < 4.78 is 0.914. The van der Waals surface area contributed by atoms with E-state index in [1.807, 2.05) is 54.6 Å². The van der Waals surface area contributed by atoms with Crippen molar-refractivity contribution in [2.75, 3.05) is 10.7 Å². The predicted molar refractivity (Wildman–Crippen MR) is 108 cm³/mol. The molecule has 0 aromatic heterocycles. The lowest BCUT2D eigenvalue weighted by molar-refractivity contribution is -0.136. The van der Waals surface area contributed by atoms with Crippen molar-refractivity contribution in [3.63, 3.8) is 0 Å². The molecule has 0 saturated heterocycles. The van der Waals surface area contributed by atoms with Crippen LogP contribution in [0.25, 0.3) is 6.08 Å². The molecule has 1 heterocycles. The molecule has 5 nitrogen and oxygen atoms in total. The van der Waals surface area contributed by atoms with E-state index >= 15 is 0 Å². The highest BCUT2D eigenvalue weighted by Crippen LogP contribution is 2.29. The summed E-state index contributed by atoms with van der Waals surface area (Å²) in [6.07, 6.45) is 1.74. The lowest BCUT2D eigenvalue weighted by Crippen LogP contribution is -2.30. The molecule has 0 fully saturated rings. The Kier molecular flexibility index (Phi) is 5.90. The van der Waals surface area contributed by atoms with Gasteiger partial charge in [0.2, 0.25) is 0 Å². The number of benzene rings is 2. The van der Waals surface area contributed by atoms with Gasteiger partial charge in [-0.15, -0.1) is 0 Å². The van der Waals surface area contributed by atoms with Crippen LogP contribution in [0.3, 0.4) is 0 Å². The van der Waals surface area contributed by atoms with Gasteiger partial charge in [-0.25, -0.2) is 4.99 Å². The van der Waals surface area contributed by atoms with Gasteiger partial charge >= 0.3 is 5.97 Å². The molecule has 0 atom stereocenters. The van der Waals surface area contributed by atoms with Gasteiger partial charge in [0.1, 0.15) is 5.70 Å². The van der Waals surface area contributed by atoms with Crippen LogP contribution in [0.15, 0.2) is 69.8 Å². The molecular weight excluding hydrogens is 416 g/mol. The Hall–Kier alpha value is -2.38. The number of carboxylic acid groups (broad SMARTS) is 1. The molecule has 0 spiro atoms. The molecule has 132 valence electrons. The minimum Gasteiger partial charge on any atom is -0.481 e. The molecule has 0 saturated carbocycles. The molecule has 0 unspecified atom stereocenters. The van der Waals surface area contributed by atoms with Crippen LogP contribution >= 0.6 is 27.7 Å². The Morgan fingerprint density at radius 2 is 1.96 bits per heavy atom. The number of para-hydroxylation sites is 1. The van der Waals surface area contributed by atoms with Gasteiger partial charge in [-0.3, -0.25) is 14.5 Å². The van der Waals surface area contributed by atoms with Crippen LogP contribution in [-0.2, 0) is 9.59 Å². The number of amidine groups is 1. The normalized spacial score (nSPS) is 15.4. The number of rotatable bonds is 5. The number of hydrogen-bond acceptors (Lipinski definition) is 4. The summed E-state index contributed by atoms with van der Waals surface area (Å²) in [5.41, 5.74) is 1.89. The first kappa shape index (κ1) is 18.4. The first-order chi connectivity index (χ1) is 12.5. The summed E-state index contributed by atoms with van der Waals surface area (Å²) in [5, 5.41) is 9.34. The number of aliphatic imine (C=N–C) groups is 1. The lowest BCUT2D eigenvalue weighted by atomic mass is 10.2. The van der Waals surface area contributed by atoms with Crippen molar-refractivity contribution in [3.05, 3.63) is 70.3 Å². The van der Waals surface area contributed by atoms with Crippen molar-refractivity contribution < 1.29 is 14.7 Å². The average Bonchev–Trinajstić information content (AvgIpc) is 2.91. The van der Waals surface area contributed by atoms with Gasteiger partial charge in [-0.1, -0.05) is 58.0 Å². The molecule has 1 N–H and O–H groups in total. The fourth-order valence-corrected chi connectivity index (χ4v) is 3.74. The standard InChI is InChI=1S/C19H15BrN2O3S/c20-14-6-4-5-13(11-14)12-16-18(25)22(15-7-2-1-3-8-15)19(21-16)26-10-9-17(23)24/h1-8,11-12H,9-10H2,(H,23,24)/b16-12-. The Labute approximate surface area is 163 Å². The van der Waals surface area contributed by atoms with Crippen LogP contribution in [0.5, 0.6) is 0 Å². The summed E-state index contributed by atoms with van der Waals surface area (Å²) in [6, 6.07) is 16.8. The second kappa shape index (κ2) is 8.33. The molecule has 0 aliphatic carbocycles. The van der Waals surface area contributed by atoms with Gasteiger partial charge in [0.15, 0.2) is 5.17 Å². The van der Waals surface area contributed by atoms with Crippen molar-refractivity contribution in [2.24, 2.45) is 4.99 Å². The lowest BCUT2D eigenvalue weighted by Gasteiger charge is -2.17. The van der Waals surface area contributed by atoms with Crippen LogP contribution in [-0.4, -0.2) is 27.9 Å². The number of aliphatic carboxylic acids is 1. The van der Waals surface area contributed by atoms with E-state index in [1.165, 1.54) is 16.7 Å². The fourth-order valence-electron chi connectivity index (χ4n) is 2.38. The summed E-state index contributed by atoms with van der Waals surface area (Å²) in [4.78, 5) is 29.7. The largest absolute Gasteiger partial charge is 0.481 e. The van der Waals surface area contributed by atoms with Crippen molar-refractivity contribution >= 4 is 56.5 Å². The highest BCUT2D eigenvalue weighted by molar-refractivity contribution is 9.10. The van der Waals surface area contributed by atoms with E-state index in [4.69, 9.17) is 5.11 Å². The van der Waals surface area contributed by atoms with Gasteiger partial charge in [0.25, 0.3) is 5.91 Å². The number of carboxylic acids is 1. The van der Waals surface area contributed by atoms with Crippen molar-refractivity contribution in [1.82, 2.24) is 0 Å². The molecule has 1 amide bonds. The minimum atomic E-state index is -0.876. The van der Waals surface area contributed by atoms with Crippen molar-refractivity contribution in [1.29, 1.82) is 0 Å². The van der Waals surface area contributed by atoms with Crippen LogP contribution in [0.2, 0.25) is 0 Å². The van der Waals surface area contributed by atoms with Gasteiger partial charge in [0.05, 0.1) is 12.1 Å². The topological polar surface area (TPSA) is 70.0 Å². The molecule has 3 rings (SSSR count). The number of nitrogens with zero attached hydrogens (tertiary/aromatic N) is 2. The van der Waals surface area contributed by atoms with Gasteiger partial charge in [-0.05, 0) is 35.9 Å². The SMILES string of the molecule is O=C(O)CCSC1=N/C(=C\c2cccc(Br)c2)C(=O)N1c1ccccc1. The van der Waals surface area contributed by atoms with E-state index in [9.17, 15) is 9.59 Å². The number of halogens is 1. The predicted octanol–water partition coefficient (Wildman–Crippen LogP) is 4.40. The molecule has 0 bridgehead atoms. The quantitative estimate of drug-likeness (QED) is 0.713. The zero-order valence-corrected chi connectivity index (χ0v) is 16.0. The Morgan fingerprint density at radius 3 is 2.65 bits per heavy atom. The summed E-state index contributed by atoms with van der Waals surface area (Å²) >= 11 is 4.68. The third kappa shape index (κ3) is 4.42. The molecule has 1 aliphatic rings. The van der Waals surface area contributed by atoms with E-state index in [-0.39, 0.29) is 12.3 Å². The van der Waals surface area contributed by atoms with Gasteiger partial charge in [-0.2, -0.15) is 0 Å².